The molecule has 32 heavy (non-hydrogen) atoms. The molecule has 2 heterocycles. The first-order chi connectivity index (χ1) is 15.3. The number of allylic oxidation sites excluding steroid dienone is 2. The van der Waals surface area contributed by atoms with E-state index >= 15 is 0 Å². The first kappa shape index (κ1) is 21.6. The highest BCUT2D eigenvalue weighted by atomic mass is 16.7. The predicted molar refractivity (Wildman–Crippen MR) is 116 cm³/mol. The lowest BCUT2D eigenvalue weighted by Gasteiger charge is -2.60. The van der Waals surface area contributed by atoms with Gasteiger partial charge in [0.15, 0.2) is 12.1 Å². The normalized spacial score (nSPS) is 51.2. The topological polar surface area (TPSA) is 74.2 Å². The van der Waals surface area contributed by atoms with Crippen LogP contribution in [0.2, 0.25) is 0 Å². The molecule has 6 aliphatic rings. The van der Waals surface area contributed by atoms with Gasteiger partial charge in [-0.1, -0.05) is 25.5 Å². The number of hydrogen-bond acceptors (Lipinski definition) is 6. The highest BCUT2D eigenvalue weighted by molar-refractivity contribution is 5.74. The zero-order valence-corrected chi connectivity index (χ0v) is 19.7. The summed E-state index contributed by atoms with van der Waals surface area (Å²) in [6.07, 6.45) is 10.1. The van der Waals surface area contributed by atoms with E-state index < -0.39 is 12.1 Å². The number of carbonyl (C=O) groups excluding carboxylic acids is 1. The number of methoxy groups -OCH3 is 1. The standard InChI is InChI=1S/C26H38O6/c1-23-10-11-26(30-12-13-31-26)15-16(23)14-17(22(28)29-3)21-18(23)4-7-24(2)19(21)5-8-25(24)9-6-20(27)32-25/h4,16-17,19-21,27H,5-15H2,1-3H3/t16?,17-,19?,20?,21?,23?,24?,25?/m1/s1. The number of fused-ring (bicyclic) bond motifs is 6. The Kier molecular flexibility index (Phi) is 4.74. The van der Waals surface area contributed by atoms with Crippen LogP contribution in [0.3, 0.4) is 0 Å². The van der Waals surface area contributed by atoms with Crippen molar-refractivity contribution in [3.05, 3.63) is 11.6 Å². The van der Waals surface area contributed by atoms with Crippen LogP contribution in [0.4, 0.5) is 0 Å². The van der Waals surface area contributed by atoms with Crippen molar-refractivity contribution in [3.63, 3.8) is 0 Å². The molecule has 8 atom stereocenters. The fourth-order valence-corrected chi connectivity index (χ4v) is 9.06. The van der Waals surface area contributed by atoms with Gasteiger partial charge in [0.2, 0.25) is 0 Å². The molecule has 3 saturated carbocycles. The summed E-state index contributed by atoms with van der Waals surface area (Å²) < 4.78 is 23.8. The third kappa shape index (κ3) is 2.70. The van der Waals surface area contributed by atoms with Crippen molar-refractivity contribution >= 4 is 5.97 Å². The van der Waals surface area contributed by atoms with E-state index in [0.717, 1.165) is 51.4 Å². The minimum Gasteiger partial charge on any atom is -0.469 e. The molecule has 2 spiro atoms. The Morgan fingerprint density at radius 2 is 1.88 bits per heavy atom. The largest absolute Gasteiger partial charge is 0.469 e. The van der Waals surface area contributed by atoms with Crippen LogP contribution < -0.4 is 0 Å². The maximum Gasteiger partial charge on any atom is 0.309 e. The molecular weight excluding hydrogens is 408 g/mol. The van der Waals surface area contributed by atoms with Crippen LogP contribution in [-0.2, 0) is 23.7 Å². The average Bonchev–Trinajstić information content (AvgIpc) is 3.47. The van der Waals surface area contributed by atoms with E-state index in [4.69, 9.17) is 18.9 Å². The van der Waals surface area contributed by atoms with Crippen LogP contribution in [0.1, 0.15) is 71.6 Å². The molecule has 0 bridgehead atoms. The molecule has 1 N–H and O–H groups in total. The summed E-state index contributed by atoms with van der Waals surface area (Å²) in [5.74, 6) is 0.268. The Labute approximate surface area is 191 Å². The molecule has 0 aromatic carbocycles. The van der Waals surface area contributed by atoms with E-state index in [1.807, 2.05) is 0 Å². The summed E-state index contributed by atoms with van der Waals surface area (Å²) in [7, 11) is 1.53. The smallest absolute Gasteiger partial charge is 0.309 e. The highest BCUT2D eigenvalue weighted by Crippen LogP contribution is 2.70. The quantitative estimate of drug-likeness (QED) is 0.486. The molecular formula is C26H38O6. The zero-order chi connectivity index (χ0) is 22.4. The molecule has 178 valence electrons. The Morgan fingerprint density at radius 1 is 1.12 bits per heavy atom. The lowest BCUT2D eigenvalue weighted by atomic mass is 9.45. The summed E-state index contributed by atoms with van der Waals surface area (Å²) in [5, 5.41) is 10.2. The maximum absolute atomic E-state index is 13.2. The van der Waals surface area contributed by atoms with Crippen LogP contribution in [0.25, 0.3) is 0 Å². The Bertz CT molecular complexity index is 832. The van der Waals surface area contributed by atoms with Crippen molar-refractivity contribution in [1.82, 2.24) is 0 Å². The molecule has 2 saturated heterocycles. The van der Waals surface area contributed by atoms with Gasteiger partial charge in [-0.2, -0.15) is 0 Å². The fraction of sp³-hybridized carbons (Fsp3) is 0.885. The third-order valence-corrected chi connectivity index (χ3v) is 10.8. The molecule has 6 nitrogen and oxygen atoms in total. The van der Waals surface area contributed by atoms with Crippen molar-refractivity contribution < 1.29 is 28.8 Å². The van der Waals surface area contributed by atoms with Gasteiger partial charge in [-0.25, -0.2) is 0 Å². The van der Waals surface area contributed by atoms with E-state index in [9.17, 15) is 9.90 Å². The second-order valence-electron chi connectivity index (χ2n) is 11.8. The molecule has 0 radical (unpaired) electrons. The van der Waals surface area contributed by atoms with Crippen LogP contribution in [0.5, 0.6) is 0 Å². The summed E-state index contributed by atoms with van der Waals surface area (Å²) in [5.41, 5.74) is 1.24. The molecule has 0 aromatic rings. The number of esters is 1. The van der Waals surface area contributed by atoms with Crippen LogP contribution in [-0.4, -0.2) is 49.1 Å². The third-order valence-electron chi connectivity index (χ3n) is 10.8. The molecule has 6 rings (SSSR count). The number of hydrogen-bond donors (Lipinski definition) is 1. The lowest BCUT2D eigenvalue weighted by molar-refractivity contribution is -0.214. The summed E-state index contributed by atoms with van der Waals surface area (Å²) in [6, 6.07) is 0. The van der Waals surface area contributed by atoms with Crippen molar-refractivity contribution in [3.8, 4) is 0 Å². The first-order valence-electron chi connectivity index (χ1n) is 12.7. The Morgan fingerprint density at radius 3 is 2.56 bits per heavy atom. The number of aliphatic hydroxyl groups excluding tert-OH is 1. The summed E-state index contributed by atoms with van der Waals surface area (Å²) in [6.45, 7) is 6.12. The van der Waals surface area contributed by atoms with Crippen LogP contribution in [0.15, 0.2) is 11.6 Å². The fourth-order valence-electron chi connectivity index (χ4n) is 9.06. The van der Waals surface area contributed by atoms with E-state index in [1.165, 1.54) is 12.7 Å². The molecule has 5 fully saturated rings. The van der Waals surface area contributed by atoms with Crippen molar-refractivity contribution in [2.24, 2.45) is 34.5 Å². The predicted octanol–water partition coefficient (Wildman–Crippen LogP) is 3.96. The number of carbonyl (C=O) groups is 1. The van der Waals surface area contributed by atoms with E-state index in [0.29, 0.717) is 31.5 Å². The number of aliphatic hydroxyl groups is 1. The highest BCUT2D eigenvalue weighted by Gasteiger charge is 2.68. The van der Waals surface area contributed by atoms with Gasteiger partial charge in [-0.3, -0.25) is 4.79 Å². The van der Waals surface area contributed by atoms with Gasteiger partial charge in [0.05, 0.1) is 31.8 Å². The molecule has 4 aliphatic carbocycles. The molecule has 0 aromatic heterocycles. The Balaban J connectivity index is 1.40. The first-order valence-corrected chi connectivity index (χ1v) is 12.7. The van der Waals surface area contributed by atoms with Gasteiger partial charge in [-0.05, 0) is 61.7 Å². The summed E-state index contributed by atoms with van der Waals surface area (Å²) >= 11 is 0. The lowest BCUT2D eigenvalue weighted by Crippen LogP contribution is -2.57. The molecule has 0 amide bonds. The van der Waals surface area contributed by atoms with Gasteiger partial charge < -0.3 is 24.1 Å². The number of ether oxygens (including phenoxy) is 4. The van der Waals surface area contributed by atoms with E-state index in [1.54, 1.807) is 0 Å². The van der Waals surface area contributed by atoms with Gasteiger partial charge in [0.1, 0.15) is 0 Å². The second-order valence-corrected chi connectivity index (χ2v) is 11.8. The van der Waals surface area contributed by atoms with Crippen molar-refractivity contribution in [1.29, 1.82) is 0 Å². The SMILES string of the molecule is COC(=O)[C@@H]1CC2CC3(CCC2(C)C2=CCC4(C)C(CCC45CCC(O)O5)C21)OCCO3. The van der Waals surface area contributed by atoms with Crippen molar-refractivity contribution in [2.45, 2.75) is 89.3 Å². The van der Waals surface area contributed by atoms with Gasteiger partial charge >= 0.3 is 5.97 Å². The van der Waals surface area contributed by atoms with Gasteiger partial charge in [0.25, 0.3) is 0 Å². The maximum atomic E-state index is 13.2. The van der Waals surface area contributed by atoms with E-state index in [-0.39, 0.29) is 34.2 Å². The van der Waals surface area contributed by atoms with Crippen molar-refractivity contribution in [2.75, 3.05) is 20.3 Å². The zero-order valence-electron chi connectivity index (χ0n) is 19.7. The van der Waals surface area contributed by atoms with Gasteiger partial charge in [-0.15, -0.1) is 0 Å². The molecule has 2 aliphatic heterocycles. The second kappa shape index (κ2) is 7.03. The Hall–Kier alpha value is -0.950. The minimum atomic E-state index is -0.651. The molecule has 7 unspecified atom stereocenters. The summed E-state index contributed by atoms with van der Waals surface area (Å²) in [4.78, 5) is 13.2. The molecule has 6 heteroatoms. The van der Waals surface area contributed by atoms with Gasteiger partial charge in [0, 0.05) is 24.7 Å². The van der Waals surface area contributed by atoms with E-state index in [2.05, 4.69) is 19.9 Å². The number of rotatable bonds is 1. The average molecular weight is 447 g/mol. The van der Waals surface area contributed by atoms with Crippen LogP contribution >= 0.6 is 0 Å². The minimum absolute atomic E-state index is 0.0539. The van der Waals surface area contributed by atoms with Crippen LogP contribution in [0, 0.1) is 34.5 Å². The monoisotopic (exact) mass is 446 g/mol.